The zero-order valence-electron chi connectivity index (χ0n) is 12.0. The van der Waals surface area contributed by atoms with Crippen LogP contribution in [0.25, 0.3) is 0 Å². The number of hydrogen-bond acceptors (Lipinski definition) is 4. The molecule has 1 N–H and O–H groups in total. The Morgan fingerprint density at radius 3 is 2.84 bits per heavy atom. The van der Waals surface area contributed by atoms with Crippen LogP contribution in [-0.4, -0.2) is 19.1 Å². The number of thiophene rings is 1. The molecule has 1 atom stereocenters. The molecule has 4 heteroatoms. The molecule has 1 aliphatic rings. The van der Waals surface area contributed by atoms with Crippen molar-refractivity contribution >= 4 is 17.3 Å². The molecule has 1 unspecified atom stereocenters. The number of carbonyl (C=O) groups excluding carboxylic acids is 1. The summed E-state index contributed by atoms with van der Waals surface area (Å²) in [6.45, 7) is 5.59. The summed E-state index contributed by atoms with van der Waals surface area (Å²) in [5, 5.41) is 3.63. The van der Waals surface area contributed by atoms with Gasteiger partial charge in [0, 0.05) is 22.3 Å². The molecular formula is C15H23NO2S. The average molecular weight is 281 g/mol. The van der Waals surface area contributed by atoms with Crippen molar-refractivity contribution in [2.24, 2.45) is 5.41 Å². The standard InChI is InChI=1S/C15H23NO2S/c1-15(2)7-6-11(9-15)16-10-13-5-4-12(19-13)8-14(17)18-3/h4-5,11,16H,6-10H2,1-3H3. The summed E-state index contributed by atoms with van der Waals surface area (Å²) in [5.74, 6) is -0.168. The summed E-state index contributed by atoms with van der Waals surface area (Å²) in [6.07, 6.45) is 4.22. The molecule has 0 radical (unpaired) electrons. The molecule has 1 aromatic heterocycles. The highest BCUT2D eigenvalue weighted by Crippen LogP contribution is 2.37. The molecule has 1 aliphatic carbocycles. The molecule has 3 nitrogen and oxygen atoms in total. The van der Waals surface area contributed by atoms with Crippen LogP contribution in [0.1, 0.15) is 42.9 Å². The topological polar surface area (TPSA) is 38.3 Å². The fraction of sp³-hybridized carbons (Fsp3) is 0.667. The monoisotopic (exact) mass is 281 g/mol. The predicted octanol–water partition coefficient (Wildman–Crippen LogP) is 3.13. The van der Waals surface area contributed by atoms with Crippen molar-refractivity contribution in [3.63, 3.8) is 0 Å². The number of methoxy groups -OCH3 is 1. The van der Waals surface area contributed by atoms with E-state index in [1.165, 1.54) is 31.2 Å². The van der Waals surface area contributed by atoms with Crippen LogP contribution in [0.4, 0.5) is 0 Å². The molecule has 1 aromatic rings. The Morgan fingerprint density at radius 2 is 2.21 bits per heavy atom. The van der Waals surface area contributed by atoms with Gasteiger partial charge in [0.15, 0.2) is 0 Å². The normalized spacial score (nSPS) is 21.5. The third-order valence-electron chi connectivity index (χ3n) is 3.80. The quantitative estimate of drug-likeness (QED) is 0.843. The fourth-order valence-corrected chi connectivity index (χ4v) is 3.64. The minimum atomic E-state index is -0.168. The van der Waals surface area contributed by atoms with E-state index in [-0.39, 0.29) is 5.97 Å². The number of esters is 1. The number of hydrogen-bond donors (Lipinski definition) is 1. The van der Waals surface area contributed by atoms with Crippen molar-refractivity contribution in [3.8, 4) is 0 Å². The summed E-state index contributed by atoms with van der Waals surface area (Å²) in [6, 6.07) is 4.77. The van der Waals surface area contributed by atoms with Crippen LogP contribution in [0.5, 0.6) is 0 Å². The highest BCUT2D eigenvalue weighted by molar-refractivity contribution is 7.12. The van der Waals surface area contributed by atoms with Crippen LogP contribution in [0.2, 0.25) is 0 Å². The molecule has 0 bridgehead atoms. The number of carbonyl (C=O) groups is 1. The lowest BCUT2D eigenvalue weighted by Crippen LogP contribution is -2.26. The second kappa shape index (κ2) is 6.06. The van der Waals surface area contributed by atoms with E-state index in [9.17, 15) is 4.79 Å². The smallest absolute Gasteiger partial charge is 0.310 e. The van der Waals surface area contributed by atoms with E-state index in [0.717, 1.165) is 11.4 Å². The van der Waals surface area contributed by atoms with Gasteiger partial charge >= 0.3 is 5.97 Å². The molecule has 1 saturated carbocycles. The predicted molar refractivity (Wildman–Crippen MR) is 78.3 cm³/mol. The minimum absolute atomic E-state index is 0.168. The molecule has 19 heavy (non-hydrogen) atoms. The number of rotatable bonds is 5. The van der Waals surface area contributed by atoms with Crippen molar-refractivity contribution in [1.29, 1.82) is 0 Å². The molecule has 0 aliphatic heterocycles. The van der Waals surface area contributed by atoms with Gasteiger partial charge in [-0.2, -0.15) is 0 Å². The summed E-state index contributed by atoms with van der Waals surface area (Å²) < 4.78 is 4.68. The van der Waals surface area contributed by atoms with Gasteiger partial charge in [0.25, 0.3) is 0 Å². The molecule has 106 valence electrons. The van der Waals surface area contributed by atoms with E-state index in [1.54, 1.807) is 11.3 Å². The second-order valence-corrected chi connectivity index (χ2v) is 7.36. The van der Waals surface area contributed by atoms with Crippen molar-refractivity contribution in [2.45, 2.75) is 52.1 Å². The van der Waals surface area contributed by atoms with Crippen molar-refractivity contribution in [1.82, 2.24) is 5.32 Å². The van der Waals surface area contributed by atoms with E-state index < -0.39 is 0 Å². The Hall–Kier alpha value is -0.870. The Morgan fingerprint density at radius 1 is 1.47 bits per heavy atom. The molecule has 1 fully saturated rings. The third-order valence-corrected chi connectivity index (χ3v) is 4.88. The zero-order chi connectivity index (χ0) is 13.9. The maximum atomic E-state index is 11.2. The zero-order valence-corrected chi connectivity index (χ0v) is 12.8. The molecule has 0 spiro atoms. The van der Waals surface area contributed by atoms with Gasteiger partial charge in [0.2, 0.25) is 0 Å². The summed E-state index contributed by atoms with van der Waals surface area (Å²) >= 11 is 1.70. The van der Waals surface area contributed by atoms with Gasteiger partial charge < -0.3 is 10.1 Å². The van der Waals surface area contributed by atoms with Gasteiger partial charge in [-0.05, 0) is 36.8 Å². The summed E-state index contributed by atoms with van der Waals surface area (Å²) in [5.41, 5.74) is 0.489. The Kier molecular flexibility index (Phi) is 4.63. The molecular weight excluding hydrogens is 258 g/mol. The second-order valence-electron chi connectivity index (χ2n) is 6.11. The van der Waals surface area contributed by atoms with Gasteiger partial charge in [-0.25, -0.2) is 0 Å². The van der Waals surface area contributed by atoms with Crippen LogP contribution in [0, 0.1) is 5.41 Å². The van der Waals surface area contributed by atoms with Gasteiger partial charge in [-0.1, -0.05) is 13.8 Å². The van der Waals surface area contributed by atoms with Crippen LogP contribution in [0.3, 0.4) is 0 Å². The lowest BCUT2D eigenvalue weighted by molar-refractivity contribution is -0.139. The minimum Gasteiger partial charge on any atom is -0.469 e. The van der Waals surface area contributed by atoms with E-state index in [0.29, 0.717) is 17.9 Å². The van der Waals surface area contributed by atoms with Crippen molar-refractivity contribution < 1.29 is 9.53 Å². The maximum Gasteiger partial charge on any atom is 0.310 e. The number of ether oxygens (including phenoxy) is 1. The first-order valence-corrected chi connectivity index (χ1v) is 7.68. The Bertz CT molecular complexity index is 439. The highest BCUT2D eigenvalue weighted by Gasteiger charge is 2.30. The first kappa shape index (κ1) is 14.5. The van der Waals surface area contributed by atoms with Crippen molar-refractivity contribution in [2.75, 3.05) is 7.11 Å². The molecule has 0 amide bonds. The molecule has 2 rings (SSSR count). The van der Waals surface area contributed by atoms with Gasteiger partial charge in [-0.3, -0.25) is 4.79 Å². The van der Waals surface area contributed by atoms with Crippen molar-refractivity contribution in [3.05, 3.63) is 21.9 Å². The third kappa shape index (κ3) is 4.32. The van der Waals surface area contributed by atoms with E-state index in [1.807, 2.05) is 6.07 Å². The first-order chi connectivity index (χ1) is 8.98. The SMILES string of the molecule is COC(=O)Cc1ccc(CNC2CCC(C)(C)C2)s1. The van der Waals surface area contributed by atoms with E-state index in [4.69, 9.17) is 0 Å². The van der Waals surface area contributed by atoms with Gasteiger partial charge in [0.1, 0.15) is 0 Å². The van der Waals surface area contributed by atoms with Gasteiger partial charge in [-0.15, -0.1) is 11.3 Å². The first-order valence-electron chi connectivity index (χ1n) is 6.86. The average Bonchev–Trinajstić information content (AvgIpc) is 2.93. The molecule has 0 aromatic carbocycles. The highest BCUT2D eigenvalue weighted by atomic mass is 32.1. The van der Waals surface area contributed by atoms with E-state index >= 15 is 0 Å². The molecule has 0 saturated heterocycles. The van der Waals surface area contributed by atoms with Crippen LogP contribution in [0.15, 0.2) is 12.1 Å². The van der Waals surface area contributed by atoms with Crippen LogP contribution < -0.4 is 5.32 Å². The maximum absolute atomic E-state index is 11.2. The Balaban J connectivity index is 1.79. The largest absolute Gasteiger partial charge is 0.469 e. The fourth-order valence-electron chi connectivity index (χ4n) is 2.68. The summed E-state index contributed by atoms with van der Waals surface area (Å²) in [4.78, 5) is 13.6. The summed E-state index contributed by atoms with van der Waals surface area (Å²) in [7, 11) is 1.43. The lowest BCUT2D eigenvalue weighted by atomic mass is 9.92. The van der Waals surface area contributed by atoms with Gasteiger partial charge in [0.05, 0.1) is 13.5 Å². The number of nitrogens with one attached hydrogen (secondary N) is 1. The lowest BCUT2D eigenvalue weighted by Gasteiger charge is -2.17. The molecule has 1 heterocycles. The van der Waals surface area contributed by atoms with E-state index in [2.05, 4.69) is 30.0 Å². The van der Waals surface area contributed by atoms with Crippen LogP contribution >= 0.6 is 11.3 Å². The Labute approximate surface area is 119 Å². The van der Waals surface area contributed by atoms with Crippen LogP contribution in [-0.2, 0) is 22.5 Å².